The number of hydrogen-bond acceptors (Lipinski definition) is 2. The van der Waals surface area contributed by atoms with Crippen molar-refractivity contribution in [2.75, 3.05) is 5.32 Å². The predicted molar refractivity (Wildman–Crippen MR) is 65.6 cm³/mol. The second kappa shape index (κ2) is 4.99. The lowest BCUT2D eigenvalue weighted by Crippen LogP contribution is -2.29. The van der Waals surface area contributed by atoms with Gasteiger partial charge in [-0.2, -0.15) is 0 Å². The van der Waals surface area contributed by atoms with E-state index in [1.165, 1.54) is 0 Å². The number of amides is 2. The molecule has 2 rings (SSSR count). The SMILES string of the molecule is Cc1ccccc1NC(=O)CC(=O)NC1CC1. The van der Waals surface area contributed by atoms with Gasteiger partial charge in [0, 0.05) is 11.7 Å². The summed E-state index contributed by atoms with van der Waals surface area (Å²) < 4.78 is 0. The van der Waals surface area contributed by atoms with E-state index < -0.39 is 0 Å². The van der Waals surface area contributed by atoms with Gasteiger partial charge >= 0.3 is 0 Å². The molecule has 2 N–H and O–H groups in total. The molecule has 2 amide bonds. The number of anilines is 1. The molecule has 17 heavy (non-hydrogen) atoms. The molecule has 1 fully saturated rings. The number of aryl methyl sites for hydroxylation is 1. The van der Waals surface area contributed by atoms with E-state index in [0.717, 1.165) is 24.1 Å². The number of para-hydroxylation sites is 1. The summed E-state index contributed by atoms with van der Waals surface area (Å²) in [7, 11) is 0. The van der Waals surface area contributed by atoms with Crippen molar-refractivity contribution in [1.82, 2.24) is 5.32 Å². The van der Waals surface area contributed by atoms with Gasteiger partial charge < -0.3 is 10.6 Å². The molecule has 4 heteroatoms. The van der Waals surface area contributed by atoms with Crippen molar-refractivity contribution in [3.63, 3.8) is 0 Å². The summed E-state index contributed by atoms with van der Waals surface area (Å²) in [5.41, 5.74) is 1.75. The Kier molecular flexibility index (Phi) is 3.42. The first-order chi connectivity index (χ1) is 8.15. The molecule has 1 aliphatic carbocycles. The van der Waals surface area contributed by atoms with E-state index in [1.54, 1.807) is 0 Å². The lowest BCUT2D eigenvalue weighted by molar-refractivity contribution is -0.126. The van der Waals surface area contributed by atoms with Gasteiger partial charge in [-0.25, -0.2) is 0 Å². The van der Waals surface area contributed by atoms with Gasteiger partial charge in [-0.3, -0.25) is 9.59 Å². The van der Waals surface area contributed by atoms with Gasteiger partial charge in [-0.15, -0.1) is 0 Å². The van der Waals surface area contributed by atoms with Crippen LogP contribution < -0.4 is 10.6 Å². The van der Waals surface area contributed by atoms with E-state index in [-0.39, 0.29) is 18.2 Å². The Hall–Kier alpha value is -1.84. The Balaban J connectivity index is 1.84. The van der Waals surface area contributed by atoms with Gasteiger partial charge in [0.15, 0.2) is 0 Å². The van der Waals surface area contributed by atoms with Crippen LogP contribution in [0.1, 0.15) is 24.8 Å². The molecule has 1 aliphatic rings. The summed E-state index contributed by atoms with van der Waals surface area (Å²) in [6.07, 6.45) is 1.96. The molecule has 1 aromatic carbocycles. The van der Waals surface area contributed by atoms with E-state index in [1.807, 2.05) is 31.2 Å². The number of nitrogens with one attached hydrogen (secondary N) is 2. The normalized spacial score (nSPS) is 14.2. The number of carbonyl (C=O) groups is 2. The standard InChI is InChI=1S/C13H16N2O2/c1-9-4-2-3-5-11(9)15-13(17)8-12(16)14-10-6-7-10/h2-5,10H,6-8H2,1H3,(H,14,16)(H,15,17). The summed E-state index contributed by atoms with van der Waals surface area (Å²) in [5.74, 6) is -0.462. The highest BCUT2D eigenvalue weighted by atomic mass is 16.2. The molecule has 0 unspecified atom stereocenters. The van der Waals surface area contributed by atoms with Crippen LogP contribution >= 0.6 is 0 Å². The topological polar surface area (TPSA) is 58.2 Å². The minimum absolute atomic E-state index is 0.106. The highest BCUT2D eigenvalue weighted by molar-refractivity contribution is 6.03. The molecule has 0 radical (unpaired) electrons. The molecule has 1 saturated carbocycles. The smallest absolute Gasteiger partial charge is 0.233 e. The summed E-state index contributed by atoms with van der Waals surface area (Å²) in [5, 5.41) is 5.52. The molecular weight excluding hydrogens is 216 g/mol. The Bertz CT molecular complexity index is 439. The van der Waals surface area contributed by atoms with Crippen LogP contribution in [0.15, 0.2) is 24.3 Å². The quantitative estimate of drug-likeness (QED) is 0.775. The van der Waals surface area contributed by atoms with Crippen LogP contribution in [0, 0.1) is 6.92 Å². The second-order valence-electron chi connectivity index (χ2n) is 4.38. The van der Waals surface area contributed by atoms with Crippen molar-refractivity contribution in [3.8, 4) is 0 Å². The molecule has 0 bridgehead atoms. The molecule has 0 atom stereocenters. The van der Waals surface area contributed by atoms with Crippen LogP contribution in [0.5, 0.6) is 0 Å². The number of hydrogen-bond donors (Lipinski definition) is 2. The first kappa shape index (κ1) is 11.6. The zero-order valence-electron chi connectivity index (χ0n) is 9.82. The number of rotatable bonds is 4. The number of benzene rings is 1. The lowest BCUT2D eigenvalue weighted by atomic mass is 10.2. The van der Waals surface area contributed by atoms with Crippen LogP contribution in [0.2, 0.25) is 0 Å². The van der Waals surface area contributed by atoms with Crippen molar-refractivity contribution in [2.45, 2.75) is 32.2 Å². The van der Waals surface area contributed by atoms with Crippen molar-refractivity contribution < 1.29 is 9.59 Å². The average molecular weight is 232 g/mol. The molecule has 0 saturated heterocycles. The zero-order valence-corrected chi connectivity index (χ0v) is 9.82. The summed E-state index contributed by atoms with van der Waals surface area (Å²) in [6, 6.07) is 7.80. The highest BCUT2D eigenvalue weighted by Crippen LogP contribution is 2.18. The predicted octanol–water partition coefficient (Wildman–Crippen LogP) is 1.60. The molecule has 1 aromatic rings. The van der Waals surface area contributed by atoms with Crippen LogP contribution in [-0.4, -0.2) is 17.9 Å². The van der Waals surface area contributed by atoms with Crippen LogP contribution in [0.25, 0.3) is 0 Å². The first-order valence-electron chi connectivity index (χ1n) is 5.80. The molecule has 0 spiro atoms. The van der Waals surface area contributed by atoms with E-state index >= 15 is 0 Å². The van der Waals surface area contributed by atoms with E-state index in [0.29, 0.717) is 6.04 Å². The summed E-state index contributed by atoms with van der Waals surface area (Å²) in [6.45, 7) is 1.92. The Morgan fingerprint density at radius 1 is 1.24 bits per heavy atom. The third kappa shape index (κ3) is 3.59. The largest absolute Gasteiger partial charge is 0.353 e. The minimum atomic E-state index is -0.266. The van der Waals surface area contributed by atoms with Gasteiger partial charge in [0.25, 0.3) is 0 Å². The van der Waals surface area contributed by atoms with Gasteiger partial charge in [0.2, 0.25) is 11.8 Å². The fourth-order valence-electron chi connectivity index (χ4n) is 1.56. The zero-order chi connectivity index (χ0) is 12.3. The molecule has 4 nitrogen and oxygen atoms in total. The lowest BCUT2D eigenvalue weighted by Gasteiger charge is -2.08. The van der Waals surface area contributed by atoms with Crippen LogP contribution in [0.4, 0.5) is 5.69 Å². The molecule has 0 heterocycles. The maximum Gasteiger partial charge on any atom is 0.233 e. The van der Waals surface area contributed by atoms with Crippen molar-refractivity contribution in [1.29, 1.82) is 0 Å². The van der Waals surface area contributed by atoms with Crippen molar-refractivity contribution in [3.05, 3.63) is 29.8 Å². The van der Waals surface area contributed by atoms with Gasteiger partial charge in [0.05, 0.1) is 0 Å². The third-order valence-electron chi connectivity index (χ3n) is 2.68. The van der Waals surface area contributed by atoms with E-state index in [9.17, 15) is 9.59 Å². The number of carbonyl (C=O) groups excluding carboxylic acids is 2. The fraction of sp³-hybridized carbons (Fsp3) is 0.385. The summed E-state index contributed by atoms with van der Waals surface area (Å²) in [4.78, 5) is 23.0. The maximum atomic E-state index is 11.6. The summed E-state index contributed by atoms with van der Waals surface area (Å²) >= 11 is 0. The van der Waals surface area contributed by atoms with Gasteiger partial charge in [0.1, 0.15) is 6.42 Å². The Labute approximate surface area is 100 Å². The molecule has 0 aliphatic heterocycles. The fourth-order valence-corrected chi connectivity index (χ4v) is 1.56. The van der Waals surface area contributed by atoms with Crippen LogP contribution in [-0.2, 0) is 9.59 Å². The van der Waals surface area contributed by atoms with Gasteiger partial charge in [-0.1, -0.05) is 18.2 Å². The monoisotopic (exact) mass is 232 g/mol. The third-order valence-corrected chi connectivity index (χ3v) is 2.68. The molecule has 90 valence electrons. The Morgan fingerprint density at radius 3 is 2.59 bits per heavy atom. The van der Waals surface area contributed by atoms with Crippen LogP contribution in [0.3, 0.4) is 0 Å². The van der Waals surface area contributed by atoms with Gasteiger partial charge in [-0.05, 0) is 31.4 Å². The molecular formula is C13H16N2O2. The minimum Gasteiger partial charge on any atom is -0.353 e. The maximum absolute atomic E-state index is 11.6. The highest BCUT2D eigenvalue weighted by Gasteiger charge is 2.24. The molecule has 0 aromatic heterocycles. The van der Waals surface area contributed by atoms with E-state index in [4.69, 9.17) is 0 Å². The van der Waals surface area contributed by atoms with Crippen molar-refractivity contribution in [2.24, 2.45) is 0 Å². The Morgan fingerprint density at radius 2 is 1.94 bits per heavy atom. The van der Waals surface area contributed by atoms with Crippen molar-refractivity contribution >= 4 is 17.5 Å². The van der Waals surface area contributed by atoms with E-state index in [2.05, 4.69) is 10.6 Å². The first-order valence-corrected chi connectivity index (χ1v) is 5.80. The average Bonchev–Trinajstić information content (AvgIpc) is 3.05. The second-order valence-corrected chi connectivity index (χ2v) is 4.38.